The number of nitrogens with zero attached hydrogens (tertiary/aromatic N) is 2. The van der Waals surface area contributed by atoms with Crippen LogP contribution >= 0.6 is 45.5 Å². The van der Waals surface area contributed by atoms with Gasteiger partial charge in [-0.3, -0.25) is 4.68 Å². The van der Waals surface area contributed by atoms with Gasteiger partial charge in [-0.2, -0.15) is 5.10 Å². The van der Waals surface area contributed by atoms with Crippen molar-refractivity contribution < 1.29 is 0 Å². The Kier molecular flexibility index (Phi) is 3.69. The van der Waals surface area contributed by atoms with Crippen molar-refractivity contribution in [1.29, 1.82) is 0 Å². The van der Waals surface area contributed by atoms with Gasteiger partial charge in [-0.15, -0.1) is 22.9 Å². The van der Waals surface area contributed by atoms with E-state index in [1.807, 2.05) is 17.9 Å². The predicted molar refractivity (Wildman–Crippen MR) is 72.5 cm³/mol. The third-order valence-electron chi connectivity index (χ3n) is 2.19. The van der Waals surface area contributed by atoms with E-state index in [9.17, 15) is 0 Å². The molecule has 2 rings (SSSR count). The lowest BCUT2D eigenvalue weighted by atomic mass is 10.2. The Morgan fingerprint density at radius 2 is 2.47 bits per heavy atom. The molecule has 0 N–H and O–H groups in total. The molecule has 0 bridgehead atoms. The van der Waals surface area contributed by atoms with Gasteiger partial charge in [0, 0.05) is 23.9 Å². The van der Waals surface area contributed by atoms with E-state index in [0.717, 1.165) is 15.7 Å². The minimum Gasteiger partial charge on any atom is -0.262 e. The van der Waals surface area contributed by atoms with Crippen LogP contribution in [-0.4, -0.2) is 9.78 Å². The van der Waals surface area contributed by atoms with Gasteiger partial charge in [0.15, 0.2) is 0 Å². The van der Waals surface area contributed by atoms with Gasteiger partial charge in [-0.25, -0.2) is 0 Å². The fourth-order valence-corrected chi connectivity index (χ4v) is 3.36. The molecular weight excluding hydrogens is 343 g/mol. The molecule has 0 aliphatic rings. The maximum Gasteiger partial charge on any atom is 0.103 e. The van der Waals surface area contributed by atoms with Gasteiger partial charge in [0.2, 0.25) is 0 Å². The van der Waals surface area contributed by atoms with Crippen LogP contribution in [0.2, 0.25) is 0 Å². The van der Waals surface area contributed by atoms with Gasteiger partial charge in [0.25, 0.3) is 0 Å². The van der Waals surface area contributed by atoms with E-state index in [1.165, 1.54) is 4.88 Å². The van der Waals surface area contributed by atoms with Gasteiger partial charge in [-0.1, -0.05) is 6.07 Å². The molecule has 0 aromatic carbocycles. The molecule has 0 radical (unpaired) electrons. The van der Waals surface area contributed by atoms with Crippen molar-refractivity contribution in [2.45, 2.75) is 11.8 Å². The molecule has 2 heterocycles. The number of hydrogen-bond donors (Lipinski definition) is 0. The Hall–Kier alpha value is -0.0700. The topological polar surface area (TPSA) is 17.8 Å². The van der Waals surface area contributed by atoms with Crippen molar-refractivity contribution in [3.8, 4) is 0 Å². The van der Waals surface area contributed by atoms with E-state index >= 15 is 0 Å². The number of aromatic nitrogens is 2. The second-order valence-electron chi connectivity index (χ2n) is 3.27. The maximum atomic E-state index is 6.36. The summed E-state index contributed by atoms with van der Waals surface area (Å²) in [6.45, 7) is 0. The van der Waals surface area contributed by atoms with E-state index in [4.69, 9.17) is 11.6 Å². The highest BCUT2D eigenvalue weighted by Gasteiger charge is 2.15. The molecule has 2 nitrogen and oxygen atoms in total. The Morgan fingerprint density at radius 1 is 1.67 bits per heavy atom. The molecule has 0 saturated carbocycles. The molecule has 5 heteroatoms. The molecule has 0 saturated heterocycles. The second-order valence-corrected chi connectivity index (χ2v) is 5.85. The molecule has 0 spiro atoms. The van der Waals surface area contributed by atoms with Crippen LogP contribution in [0.4, 0.5) is 0 Å². The summed E-state index contributed by atoms with van der Waals surface area (Å²) < 4.78 is 2.96. The summed E-state index contributed by atoms with van der Waals surface area (Å²) in [7, 11) is 1.93. The molecule has 0 aliphatic carbocycles. The summed E-state index contributed by atoms with van der Waals surface area (Å²) in [5.41, 5.74) is 1.12. The molecule has 2 aromatic rings. The minimum absolute atomic E-state index is 0.0178. The molecule has 0 fully saturated rings. The number of aryl methyl sites for hydroxylation is 1. The molecule has 2 aromatic heterocycles. The van der Waals surface area contributed by atoms with E-state index in [-0.39, 0.29) is 5.38 Å². The molecule has 1 atom stereocenters. The van der Waals surface area contributed by atoms with Crippen LogP contribution in [0.15, 0.2) is 23.7 Å². The normalized spacial score (nSPS) is 13.0. The van der Waals surface area contributed by atoms with Crippen molar-refractivity contribution in [3.05, 3.63) is 37.9 Å². The van der Waals surface area contributed by atoms with Gasteiger partial charge < -0.3 is 0 Å². The zero-order valence-electron chi connectivity index (χ0n) is 8.15. The Labute approximate surface area is 111 Å². The average molecular weight is 353 g/mol. The van der Waals surface area contributed by atoms with E-state index in [2.05, 4.69) is 45.2 Å². The quantitative estimate of drug-likeness (QED) is 0.609. The highest BCUT2D eigenvalue weighted by Crippen LogP contribution is 2.29. The lowest BCUT2D eigenvalue weighted by molar-refractivity contribution is 0.744. The van der Waals surface area contributed by atoms with Crippen molar-refractivity contribution in [2.24, 2.45) is 7.05 Å². The minimum atomic E-state index is 0.0178. The molecular formula is C10H10ClIN2S. The second kappa shape index (κ2) is 4.84. The monoisotopic (exact) mass is 352 g/mol. The first-order valence-corrected chi connectivity index (χ1v) is 6.92. The number of alkyl halides is 1. The van der Waals surface area contributed by atoms with Crippen LogP contribution in [0, 0.1) is 3.70 Å². The van der Waals surface area contributed by atoms with Crippen LogP contribution in [-0.2, 0) is 13.5 Å². The number of hydrogen-bond acceptors (Lipinski definition) is 2. The van der Waals surface area contributed by atoms with Gasteiger partial charge in [0.1, 0.15) is 3.70 Å². The first-order valence-electron chi connectivity index (χ1n) is 4.52. The summed E-state index contributed by atoms with van der Waals surface area (Å²) in [6, 6.07) is 4.17. The third kappa shape index (κ3) is 2.54. The van der Waals surface area contributed by atoms with Crippen LogP contribution in [0.25, 0.3) is 0 Å². The zero-order chi connectivity index (χ0) is 10.8. The van der Waals surface area contributed by atoms with Crippen molar-refractivity contribution in [1.82, 2.24) is 9.78 Å². The molecule has 1 unspecified atom stereocenters. The number of halogens is 2. The van der Waals surface area contributed by atoms with E-state index < -0.39 is 0 Å². The first kappa shape index (κ1) is 11.4. The molecule has 0 aliphatic heterocycles. The number of rotatable bonds is 3. The largest absolute Gasteiger partial charge is 0.262 e. The van der Waals surface area contributed by atoms with Crippen molar-refractivity contribution >= 4 is 45.5 Å². The van der Waals surface area contributed by atoms with E-state index in [0.29, 0.717) is 0 Å². The van der Waals surface area contributed by atoms with Crippen molar-refractivity contribution in [2.75, 3.05) is 0 Å². The predicted octanol–water partition coefficient (Wildman–Crippen LogP) is 3.61. The summed E-state index contributed by atoms with van der Waals surface area (Å²) in [5.74, 6) is 0. The standard InChI is InChI=1S/C10H10ClIN2S/c1-14-10(12)8(6-13-14)9(11)5-7-3-2-4-15-7/h2-4,6,9H,5H2,1H3. The highest BCUT2D eigenvalue weighted by molar-refractivity contribution is 14.1. The summed E-state index contributed by atoms with van der Waals surface area (Å²) in [5, 5.41) is 6.29. The Balaban J connectivity index is 2.14. The van der Waals surface area contributed by atoms with Crippen LogP contribution in [0.3, 0.4) is 0 Å². The van der Waals surface area contributed by atoms with Gasteiger partial charge in [-0.05, 0) is 34.0 Å². The SMILES string of the molecule is Cn1ncc(C(Cl)Cc2cccs2)c1I. The third-order valence-corrected chi connectivity index (χ3v) is 4.80. The lowest BCUT2D eigenvalue weighted by Gasteiger charge is -2.06. The maximum absolute atomic E-state index is 6.36. The molecule has 15 heavy (non-hydrogen) atoms. The zero-order valence-corrected chi connectivity index (χ0v) is 11.9. The fourth-order valence-electron chi connectivity index (χ4n) is 1.37. The van der Waals surface area contributed by atoms with E-state index in [1.54, 1.807) is 11.3 Å². The van der Waals surface area contributed by atoms with Crippen molar-refractivity contribution in [3.63, 3.8) is 0 Å². The Bertz CT molecular complexity index is 438. The van der Waals surface area contributed by atoms with Crippen LogP contribution < -0.4 is 0 Å². The smallest absolute Gasteiger partial charge is 0.103 e. The summed E-state index contributed by atoms with van der Waals surface area (Å²) in [4.78, 5) is 1.31. The van der Waals surface area contributed by atoms with Gasteiger partial charge >= 0.3 is 0 Å². The summed E-state index contributed by atoms with van der Waals surface area (Å²) >= 11 is 10.4. The van der Waals surface area contributed by atoms with Crippen LogP contribution in [0.1, 0.15) is 15.8 Å². The average Bonchev–Trinajstić information content (AvgIpc) is 2.79. The Morgan fingerprint density at radius 3 is 3.00 bits per heavy atom. The fraction of sp³-hybridized carbons (Fsp3) is 0.300. The summed E-state index contributed by atoms with van der Waals surface area (Å²) in [6.07, 6.45) is 2.73. The molecule has 0 amide bonds. The lowest BCUT2D eigenvalue weighted by Crippen LogP contribution is -1.98. The van der Waals surface area contributed by atoms with Crippen LogP contribution in [0.5, 0.6) is 0 Å². The molecule has 80 valence electrons. The number of thiophene rings is 1. The van der Waals surface area contributed by atoms with Gasteiger partial charge in [0.05, 0.1) is 11.6 Å². The highest BCUT2D eigenvalue weighted by atomic mass is 127. The first-order chi connectivity index (χ1) is 7.18.